The van der Waals surface area contributed by atoms with E-state index >= 15 is 0 Å². The number of carbonyl (C=O) groups excluding carboxylic acids is 1. The number of hydrogen-bond donors (Lipinski definition) is 0. The molecule has 0 atom stereocenters. The molecule has 1 aromatic heterocycles. The molecule has 0 bridgehead atoms. The molecule has 0 saturated heterocycles. The Morgan fingerprint density at radius 2 is 1.79 bits per heavy atom. The van der Waals surface area contributed by atoms with Gasteiger partial charge >= 0.3 is 6.09 Å². The Morgan fingerprint density at radius 3 is 2.37 bits per heavy atom. The zero-order valence-electron chi connectivity index (χ0n) is 11.2. The Bertz CT molecular complexity index is 579. The van der Waals surface area contributed by atoms with E-state index in [1.807, 2.05) is 57.2 Å². The van der Waals surface area contributed by atoms with Crippen molar-refractivity contribution in [3.63, 3.8) is 0 Å². The van der Waals surface area contributed by atoms with Gasteiger partial charge in [-0.05, 0) is 50.6 Å². The molecule has 0 saturated carbocycles. The molecule has 19 heavy (non-hydrogen) atoms. The first-order valence-electron chi connectivity index (χ1n) is 6.03. The van der Waals surface area contributed by atoms with Gasteiger partial charge in [0.05, 0.1) is 5.69 Å². The summed E-state index contributed by atoms with van der Waals surface area (Å²) in [6, 6.07) is 11.5. The molecule has 1 heterocycles. The zero-order valence-corrected chi connectivity index (χ0v) is 12.8. The van der Waals surface area contributed by atoms with E-state index < -0.39 is 5.60 Å². The van der Waals surface area contributed by atoms with Crippen LogP contribution in [0, 0.1) is 0 Å². The van der Waals surface area contributed by atoms with Crippen molar-refractivity contribution in [1.82, 2.24) is 4.57 Å². The third kappa shape index (κ3) is 3.47. The van der Waals surface area contributed by atoms with Crippen LogP contribution >= 0.6 is 15.9 Å². The fraction of sp³-hybridized carbons (Fsp3) is 0.267. The first-order valence-corrected chi connectivity index (χ1v) is 6.83. The average Bonchev–Trinajstić information content (AvgIpc) is 2.76. The Balaban J connectivity index is 2.32. The molecule has 3 nitrogen and oxygen atoms in total. The normalized spacial score (nSPS) is 11.4. The van der Waals surface area contributed by atoms with Crippen LogP contribution in [-0.2, 0) is 4.74 Å². The van der Waals surface area contributed by atoms with Crippen molar-refractivity contribution in [2.75, 3.05) is 0 Å². The van der Waals surface area contributed by atoms with Crippen LogP contribution in [-0.4, -0.2) is 16.3 Å². The summed E-state index contributed by atoms with van der Waals surface area (Å²) >= 11 is 3.40. The molecular weight excluding hydrogens is 306 g/mol. The molecule has 100 valence electrons. The highest BCUT2D eigenvalue weighted by Crippen LogP contribution is 2.23. The minimum absolute atomic E-state index is 0.365. The van der Waals surface area contributed by atoms with Crippen LogP contribution in [0.25, 0.3) is 11.3 Å². The van der Waals surface area contributed by atoms with Gasteiger partial charge in [0, 0.05) is 10.7 Å². The molecule has 1 aromatic carbocycles. The molecule has 2 aromatic rings. The maximum absolute atomic E-state index is 12.1. The van der Waals surface area contributed by atoms with E-state index in [9.17, 15) is 4.79 Å². The summed E-state index contributed by atoms with van der Waals surface area (Å²) < 4.78 is 7.91. The largest absolute Gasteiger partial charge is 0.443 e. The topological polar surface area (TPSA) is 31.2 Å². The second-order valence-electron chi connectivity index (χ2n) is 5.25. The highest BCUT2D eigenvalue weighted by Gasteiger charge is 2.19. The lowest BCUT2D eigenvalue weighted by atomic mass is 10.1. The number of benzene rings is 1. The van der Waals surface area contributed by atoms with Gasteiger partial charge in [-0.2, -0.15) is 0 Å². The summed E-state index contributed by atoms with van der Waals surface area (Å²) in [7, 11) is 0. The number of aromatic nitrogens is 1. The first kappa shape index (κ1) is 13.9. The van der Waals surface area contributed by atoms with E-state index in [1.165, 1.54) is 4.57 Å². The van der Waals surface area contributed by atoms with E-state index in [4.69, 9.17) is 4.74 Å². The highest BCUT2D eigenvalue weighted by atomic mass is 79.9. The van der Waals surface area contributed by atoms with Crippen LogP contribution in [0.3, 0.4) is 0 Å². The summed E-state index contributed by atoms with van der Waals surface area (Å²) in [4.78, 5) is 12.1. The molecule has 4 heteroatoms. The molecule has 0 unspecified atom stereocenters. The van der Waals surface area contributed by atoms with Crippen molar-refractivity contribution in [3.8, 4) is 11.3 Å². The zero-order chi connectivity index (χ0) is 14.0. The molecule has 0 amide bonds. The van der Waals surface area contributed by atoms with Gasteiger partial charge in [-0.15, -0.1) is 0 Å². The van der Waals surface area contributed by atoms with Crippen LogP contribution in [0.1, 0.15) is 20.8 Å². The molecule has 0 aliphatic heterocycles. The molecular formula is C15H16BrNO2. The van der Waals surface area contributed by atoms with Crippen molar-refractivity contribution in [1.29, 1.82) is 0 Å². The fourth-order valence-corrected chi connectivity index (χ4v) is 1.97. The predicted molar refractivity (Wildman–Crippen MR) is 79.2 cm³/mol. The Kier molecular flexibility index (Phi) is 3.80. The monoisotopic (exact) mass is 321 g/mol. The van der Waals surface area contributed by atoms with Gasteiger partial charge in [0.1, 0.15) is 5.60 Å². The Morgan fingerprint density at radius 1 is 1.16 bits per heavy atom. The number of rotatable bonds is 1. The number of hydrogen-bond acceptors (Lipinski definition) is 2. The Labute approximate surface area is 121 Å². The van der Waals surface area contributed by atoms with E-state index in [0.29, 0.717) is 0 Å². The second kappa shape index (κ2) is 5.21. The highest BCUT2D eigenvalue weighted by molar-refractivity contribution is 9.10. The van der Waals surface area contributed by atoms with E-state index in [1.54, 1.807) is 6.20 Å². The molecule has 2 rings (SSSR count). The lowest BCUT2D eigenvalue weighted by molar-refractivity contribution is 0.0540. The van der Waals surface area contributed by atoms with Crippen LogP contribution in [0.4, 0.5) is 4.79 Å². The van der Waals surface area contributed by atoms with Gasteiger partial charge in [0.25, 0.3) is 0 Å². The van der Waals surface area contributed by atoms with E-state index in [2.05, 4.69) is 15.9 Å². The standard InChI is InChI=1S/C15H16BrNO2/c1-15(2,3)19-14(18)17-10-4-5-13(17)11-6-8-12(16)9-7-11/h4-10H,1-3H3. The molecule has 0 aliphatic carbocycles. The lowest BCUT2D eigenvalue weighted by Gasteiger charge is -2.20. The quantitative estimate of drug-likeness (QED) is 0.762. The third-order valence-electron chi connectivity index (χ3n) is 2.48. The van der Waals surface area contributed by atoms with Crippen molar-refractivity contribution < 1.29 is 9.53 Å². The summed E-state index contributed by atoms with van der Waals surface area (Å²) in [5, 5.41) is 0. The molecule has 0 fully saturated rings. The van der Waals surface area contributed by atoms with Crippen LogP contribution < -0.4 is 0 Å². The molecule has 0 N–H and O–H groups in total. The third-order valence-corrected chi connectivity index (χ3v) is 3.01. The van der Waals surface area contributed by atoms with Crippen LogP contribution in [0.2, 0.25) is 0 Å². The first-order chi connectivity index (χ1) is 8.87. The SMILES string of the molecule is CC(C)(C)OC(=O)n1cccc1-c1ccc(Br)cc1. The van der Waals surface area contributed by atoms with Gasteiger partial charge in [0.2, 0.25) is 0 Å². The number of halogens is 1. The van der Waals surface area contributed by atoms with E-state index in [0.717, 1.165) is 15.7 Å². The van der Waals surface area contributed by atoms with Crippen molar-refractivity contribution in [2.24, 2.45) is 0 Å². The smallest absolute Gasteiger partial charge is 0.418 e. The van der Waals surface area contributed by atoms with Crippen molar-refractivity contribution in [2.45, 2.75) is 26.4 Å². The predicted octanol–water partition coefficient (Wildman–Crippen LogP) is 4.70. The van der Waals surface area contributed by atoms with Crippen LogP contribution in [0.5, 0.6) is 0 Å². The maximum Gasteiger partial charge on any atom is 0.418 e. The second-order valence-corrected chi connectivity index (χ2v) is 6.17. The van der Waals surface area contributed by atoms with E-state index in [-0.39, 0.29) is 6.09 Å². The van der Waals surface area contributed by atoms with Gasteiger partial charge in [0.15, 0.2) is 0 Å². The lowest BCUT2D eigenvalue weighted by Crippen LogP contribution is -2.27. The summed E-state index contributed by atoms with van der Waals surface area (Å²) in [5.74, 6) is 0. The van der Waals surface area contributed by atoms with Crippen LogP contribution in [0.15, 0.2) is 47.1 Å². The summed E-state index contributed by atoms with van der Waals surface area (Å²) in [5.41, 5.74) is 1.29. The van der Waals surface area contributed by atoms with Gasteiger partial charge < -0.3 is 4.74 Å². The molecule has 0 radical (unpaired) electrons. The number of ether oxygens (including phenoxy) is 1. The minimum atomic E-state index is -0.502. The van der Waals surface area contributed by atoms with Crippen molar-refractivity contribution in [3.05, 3.63) is 47.1 Å². The fourth-order valence-electron chi connectivity index (χ4n) is 1.71. The summed E-state index contributed by atoms with van der Waals surface area (Å²) in [6.07, 6.45) is 1.35. The minimum Gasteiger partial charge on any atom is -0.443 e. The average molecular weight is 322 g/mol. The summed E-state index contributed by atoms with van der Waals surface area (Å²) in [6.45, 7) is 5.56. The Hall–Kier alpha value is -1.55. The number of carbonyl (C=O) groups is 1. The van der Waals surface area contributed by atoms with Gasteiger partial charge in [-0.3, -0.25) is 4.57 Å². The number of nitrogens with zero attached hydrogens (tertiary/aromatic N) is 1. The van der Waals surface area contributed by atoms with Gasteiger partial charge in [-0.1, -0.05) is 28.1 Å². The van der Waals surface area contributed by atoms with Crippen molar-refractivity contribution >= 4 is 22.0 Å². The van der Waals surface area contributed by atoms with Gasteiger partial charge in [-0.25, -0.2) is 4.79 Å². The molecule has 0 aliphatic rings. The molecule has 0 spiro atoms. The maximum atomic E-state index is 12.1.